The van der Waals surface area contributed by atoms with Crippen LogP contribution in [0.1, 0.15) is 19.5 Å². The van der Waals surface area contributed by atoms with Gasteiger partial charge >= 0.3 is 0 Å². The van der Waals surface area contributed by atoms with Gasteiger partial charge < -0.3 is 9.88 Å². The molecule has 1 aromatic heterocycles. The molecule has 0 fully saturated rings. The van der Waals surface area contributed by atoms with E-state index < -0.39 is 0 Å². The summed E-state index contributed by atoms with van der Waals surface area (Å²) < 4.78 is 3.31. The van der Waals surface area contributed by atoms with E-state index in [1.807, 2.05) is 18.5 Å². The number of halogens is 1. The van der Waals surface area contributed by atoms with Gasteiger partial charge in [0.25, 0.3) is 0 Å². The van der Waals surface area contributed by atoms with Crippen LogP contribution in [-0.2, 0) is 6.54 Å². The van der Waals surface area contributed by atoms with Crippen molar-refractivity contribution in [3.8, 4) is 5.69 Å². The lowest BCUT2D eigenvalue weighted by molar-refractivity contribution is 0.549. The SMILES string of the molecule is CC(C)CNCc1cn(-c2ccccc2I)cn1. The van der Waals surface area contributed by atoms with Gasteiger partial charge in [0.2, 0.25) is 0 Å². The van der Waals surface area contributed by atoms with Gasteiger partial charge in [0, 0.05) is 16.3 Å². The first-order valence-electron chi connectivity index (χ1n) is 6.15. The topological polar surface area (TPSA) is 29.9 Å². The molecule has 96 valence electrons. The Morgan fingerprint density at radius 2 is 2.11 bits per heavy atom. The van der Waals surface area contributed by atoms with Crippen LogP contribution in [-0.4, -0.2) is 16.1 Å². The fraction of sp³-hybridized carbons (Fsp3) is 0.357. The highest BCUT2D eigenvalue weighted by Crippen LogP contribution is 2.16. The minimum atomic E-state index is 0.669. The van der Waals surface area contributed by atoms with E-state index in [2.05, 4.69) is 69.6 Å². The summed E-state index contributed by atoms with van der Waals surface area (Å²) in [6, 6.07) is 8.31. The third-order valence-corrected chi connectivity index (χ3v) is 3.54. The number of nitrogens with zero attached hydrogens (tertiary/aromatic N) is 2. The molecule has 0 amide bonds. The highest BCUT2D eigenvalue weighted by Gasteiger charge is 2.03. The van der Waals surface area contributed by atoms with E-state index in [0.717, 1.165) is 18.8 Å². The van der Waals surface area contributed by atoms with E-state index in [4.69, 9.17) is 0 Å². The first-order valence-corrected chi connectivity index (χ1v) is 7.23. The molecule has 0 saturated heterocycles. The van der Waals surface area contributed by atoms with Crippen LogP contribution in [0.4, 0.5) is 0 Å². The van der Waals surface area contributed by atoms with Gasteiger partial charge in [0.15, 0.2) is 0 Å². The van der Waals surface area contributed by atoms with Crippen molar-refractivity contribution in [2.24, 2.45) is 5.92 Å². The summed E-state index contributed by atoms with van der Waals surface area (Å²) in [4.78, 5) is 4.43. The monoisotopic (exact) mass is 355 g/mol. The fourth-order valence-electron chi connectivity index (χ4n) is 1.74. The number of aromatic nitrogens is 2. The zero-order valence-electron chi connectivity index (χ0n) is 10.7. The van der Waals surface area contributed by atoms with Crippen LogP contribution >= 0.6 is 22.6 Å². The van der Waals surface area contributed by atoms with Crippen molar-refractivity contribution in [1.29, 1.82) is 0 Å². The number of rotatable bonds is 5. The Morgan fingerprint density at radius 3 is 2.83 bits per heavy atom. The molecule has 0 radical (unpaired) electrons. The van der Waals surface area contributed by atoms with Crippen molar-refractivity contribution < 1.29 is 0 Å². The maximum absolute atomic E-state index is 4.43. The third-order valence-electron chi connectivity index (χ3n) is 2.63. The summed E-state index contributed by atoms with van der Waals surface area (Å²) in [6.07, 6.45) is 3.97. The molecule has 0 spiro atoms. The number of imidazole rings is 1. The molecule has 4 heteroatoms. The smallest absolute Gasteiger partial charge is 0.0996 e. The average Bonchev–Trinajstić information content (AvgIpc) is 2.78. The quantitative estimate of drug-likeness (QED) is 0.835. The highest BCUT2D eigenvalue weighted by molar-refractivity contribution is 14.1. The number of hydrogen-bond donors (Lipinski definition) is 1. The molecule has 0 unspecified atom stereocenters. The van der Waals surface area contributed by atoms with Gasteiger partial charge in [-0.3, -0.25) is 0 Å². The summed E-state index contributed by atoms with van der Waals surface area (Å²) in [5.74, 6) is 0.669. The van der Waals surface area contributed by atoms with Gasteiger partial charge in [-0.15, -0.1) is 0 Å². The molecule has 0 atom stereocenters. The van der Waals surface area contributed by atoms with E-state index >= 15 is 0 Å². The maximum atomic E-state index is 4.43. The second-order valence-electron chi connectivity index (χ2n) is 4.75. The maximum Gasteiger partial charge on any atom is 0.0996 e. The summed E-state index contributed by atoms with van der Waals surface area (Å²) in [5, 5.41) is 3.40. The first kappa shape index (κ1) is 13.5. The van der Waals surface area contributed by atoms with Gasteiger partial charge in [-0.25, -0.2) is 4.98 Å². The van der Waals surface area contributed by atoms with Gasteiger partial charge in [-0.2, -0.15) is 0 Å². The van der Waals surface area contributed by atoms with Crippen molar-refractivity contribution >= 4 is 22.6 Å². The van der Waals surface area contributed by atoms with E-state index in [-0.39, 0.29) is 0 Å². The Labute approximate surface area is 122 Å². The molecule has 1 N–H and O–H groups in total. The summed E-state index contributed by atoms with van der Waals surface area (Å²) in [7, 11) is 0. The second kappa shape index (κ2) is 6.33. The molecular weight excluding hydrogens is 337 g/mol. The standard InChI is InChI=1S/C14H18IN3/c1-11(2)7-16-8-12-9-18(10-17-12)14-6-4-3-5-13(14)15/h3-6,9-11,16H,7-8H2,1-2H3. The molecule has 18 heavy (non-hydrogen) atoms. The van der Waals surface area contributed by atoms with E-state index in [9.17, 15) is 0 Å². The van der Waals surface area contributed by atoms with Gasteiger partial charge in [-0.05, 0) is 47.2 Å². The molecule has 0 aliphatic rings. The predicted octanol–water partition coefficient (Wildman–Crippen LogP) is 3.22. The fourth-order valence-corrected chi connectivity index (χ4v) is 2.40. The van der Waals surface area contributed by atoms with Gasteiger partial charge in [-0.1, -0.05) is 26.0 Å². The number of benzene rings is 1. The van der Waals surface area contributed by atoms with E-state index in [1.54, 1.807) is 0 Å². The normalized spacial score (nSPS) is 11.1. The number of para-hydroxylation sites is 1. The molecule has 0 aliphatic heterocycles. The molecule has 2 aromatic rings. The summed E-state index contributed by atoms with van der Waals surface area (Å²) in [6.45, 7) is 6.26. The zero-order valence-corrected chi connectivity index (χ0v) is 12.9. The zero-order chi connectivity index (χ0) is 13.0. The Kier molecular flexibility index (Phi) is 4.77. The first-order chi connectivity index (χ1) is 8.66. The van der Waals surface area contributed by atoms with Gasteiger partial charge in [0.05, 0.1) is 17.7 Å². The minimum absolute atomic E-state index is 0.669. The highest BCUT2D eigenvalue weighted by atomic mass is 127. The predicted molar refractivity (Wildman–Crippen MR) is 82.8 cm³/mol. The van der Waals surface area contributed by atoms with Crippen LogP contribution in [0.25, 0.3) is 5.69 Å². The lowest BCUT2D eigenvalue weighted by atomic mass is 10.2. The Morgan fingerprint density at radius 1 is 1.33 bits per heavy atom. The van der Waals surface area contributed by atoms with E-state index in [1.165, 1.54) is 9.26 Å². The lowest BCUT2D eigenvalue weighted by Crippen LogP contribution is -2.19. The van der Waals surface area contributed by atoms with Crippen molar-refractivity contribution in [3.63, 3.8) is 0 Å². The third kappa shape index (κ3) is 3.55. The van der Waals surface area contributed by atoms with Crippen LogP contribution in [0.3, 0.4) is 0 Å². The molecule has 0 aliphatic carbocycles. The molecular formula is C14H18IN3. The number of hydrogen-bond acceptors (Lipinski definition) is 2. The molecule has 1 aromatic carbocycles. The lowest BCUT2D eigenvalue weighted by Gasteiger charge is -2.05. The summed E-state index contributed by atoms with van der Waals surface area (Å²) in [5.41, 5.74) is 2.26. The van der Waals surface area contributed by atoms with Crippen molar-refractivity contribution in [3.05, 3.63) is 46.1 Å². The van der Waals surface area contributed by atoms with Crippen LogP contribution in [0.5, 0.6) is 0 Å². The van der Waals surface area contributed by atoms with E-state index in [0.29, 0.717) is 5.92 Å². The molecule has 2 rings (SSSR count). The van der Waals surface area contributed by atoms with Crippen molar-refractivity contribution in [2.75, 3.05) is 6.54 Å². The number of nitrogens with one attached hydrogen (secondary N) is 1. The van der Waals surface area contributed by atoms with Crippen LogP contribution in [0, 0.1) is 9.49 Å². The molecule has 3 nitrogen and oxygen atoms in total. The molecule has 1 heterocycles. The minimum Gasteiger partial charge on any atom is -0.311 e. The molecule has 0 bridgehead atoms. The largest absolute Gasteiger partial charge is 0.311 e. The Balaban J connectivity index is 2.04. The van der Waals surface area contributed by atoms with Crippen LogP contribution in [0.15, 0.2) is 36.8 Å². The Bertz CT molecular complexity index is 505. The van der Waals surface area contributed by atoms with Crippen molar-refractivity contribution in [1.82, 2.24) is 14.9 Å². The van der Waals surface area contributed by atoms with Crippen LogP contribution in [0.2, 0.25) is 0 Å². The van der Waals surface area contributed by atoms with Crippen LogP contribution < -0.4 is 5.32 Å². The second-order valence-corrected chi connectivity index (χ2v) is 5.91. The van der Waals surface area contributed by atoms with Gasteiger partial charge in [0.1, 0.15) is 0 Å². The molecule has 0 saturated carbocycles. The van der Waals surface area contributed by atoms with Crippen molar-refractivity contribution in [2.45, 2.75) is 20.4 Å². The Hall–Kier alpha value is -0.880. The summed E-state index contributed by atoms with van der Waals surface area (Å²) >= 11 is 2.35. The average molecular weight is 355 g/mol.